The molecule has 0 spiro atoms. The predicted molar refractivity (Wildman–Crippen MR) is 156 cm³/mol. The second-order valence-corrected chi connectivity index (χ2v) is 10.3. The minimum Gasteiger partial charge on any atom is -0.491 e. The second kappa shape index (κ2) is 13.8. The summed E-state index contributed by atoms with van der Waals surface area (Å²) in [5, 5.41) is 23.9. The summed E-state index contributed by atoms with van der Waals surface area (Å²) in [7, 11) is 0. The SMILES string of the molecule is Cc1ccc(OCCN(CCCCc2ccc3c(n2)NCCC3)CC[C@H](Nc2ncnc3[nH]ncc23)C(=O)O)cn1. The largest absolute Gasteiger partial charge is 0.491 e. The fourth-order valence-electron chi connectivity index (χ4n) is 4.93. The quantitative estimate of drug-likeness (QED) is 0.158. The number of pyridine rings is 2. The van der Waals surface area contributed by atoms with Crippen LogP contribution in [0.15, 0.2) is 43.0 Å². The summed E-state index contributed by atoms with van der Waals surface area (Å²) in [6.45, 7) is 5.48. The lowest BCUT2D eigenvalue weighted by Gasteiger charge is -2.24. The summed E-state index contributed by atoms with van der Waals surface area (Å²) >= 11 is 0. The molecule has 12 heteroatoms. The molecular weight excluding hydrogens is 522 g/mol. The Labute approximate surface area is 239 Å². The van der Waals surface area contributed by atoms with Crippen molar-refractivity contribution in [3.8, 4) is 5.75 Å². The number of hydrogen-bond donors (Lipinski definition) is 4. The molecule has 0 saturated carbocycles. The lowest BCUT2D eigenvalue weighted by atomic mass is 10.1. The average Bonchev–Trinajstić information content (AvgIpc) is 3.47. The fraction of sp³-hybridized carbons (Fsp3) is 0.448. The zero-order valence-corrected chi connectivity index (χ0v) is 23.3. The highest BCUT2D eigenvalue weighted by Crippen LogP contribution is 2.21. The third-order valence-electron chi connectivity index (χ3n) is 7.26. The van der Waals surface area contributed by atoms with Gasteiger partial charge in [-0.15, -0.1) is 0 Å². The van der Waals surface area contributed by atoms with E-state index in [0.29, 0.717) is 43.0 Å². The highest BCUT2D eigenvalue weighted by Gasteiger charge is 2.21. The maximum atomic E-state index is 12.1. The molecular formula is C29H37N9O3. The summed E-state index contributed by atoms with van der Waals surface area (Å²) in [4.78, 5) is 31.9. The van der Waals surface area contributed by atoms with Gasteiger partial charge in [0, 0.05) is 31.0 Å². The van der Waals surface area contributed by atoms with Gasteiger partial charge in [0.15, 0.2) is 5.65 Å². The lowest BCUT2D eigenvalue weighted by Crippen LogP contribution is -2.37. The van der Waals surface area contributed by atoms with Gasteiger partial charge < -0.3 is 20.5 Å². The Morgan fingerprint density at radius 1 is 1.12 bits per heavy atom. The van der Waals surface area contributed by atoms with E-state index in [1.54, 1.807) is 12.4 Å². The van der Waals surface area contributed by atoms with Gasteiger partial charge in [0.05, 0.1) is 17.8 Å². The summed E-state index contributed by atoms with van der Waals surface area (Å²) in [6, 6.07) is 7.35. The van der Waals surface area contributed by atoms with Crippen LogP contribution < -0.4 is 15.4 Å². The van der Waals surface area contributed by atoms with Crippen LogP contribution in [0.2, 0.25) is 0 Å². The number of anilines is 2. The number of H-pyrrole nitrogens is 1. The number of aromatic amines is 1. The Kier molecular flexibility index (Phi) is 9.53. The number of nitrogens with one attached hydrogen (secondary N) is 3. The van der Waals surface area contributed by atoms with Crippen LogP contribution in [-0.4, -0.2) is 84.9 Å². The normalized spacial score (nSPS) is 13.5. The van der Waals surface area contributed by atoms with Crippen molar-refractivity contribution in [1.29, 1.82) is 0 Å². The van der Waals surface area contributed by atoms with Gasteiger partial charge in [0.2, 0.25) is 0 Å². The van der Waals surface area contributed by atoms with Crippen molar-refractivity contribution in [2.45, 2.75) is 51.5 Å². The lowest BCUT2D eigenvalue weighted by molar-refractivity contribution is -0.138. The molecule has 0 amide bonds. The van der Waals surface area contributed by atoms with Crippen LogP contribution in [0.1, 0.15) is 42.6 Å². The number of aliphatic carboxylic acids is 1. The van der Waals surface area contributed by atoms with Gasteiger partial charge in [-0.2, -0.15) is 5.10 Å². The van der Waals surface area contributed by atoms with Crippen molar-refractivity contribution in [2.24, 2.45) is 0 Å². The van der Waals surface area contributed by atoms with Gasteiger partial charge in [0.1, 0.15) is 36.4 Å². The number of carboxylic acids is 1. The first kappa shape index (κ1) is 28.2. The topological polar surface area (TPSA) is 154 Å². The van der Waals surface area contributed by atoms with Crippen molar-refractivity contribution in [3.05, 3.63) is 59.9 Å². The van der Waals surface area contributed by atoms with Crippen LogP contribution in [0.5, 0.6) is 5.75 Å². The molecule has 0 unspecified atom stereocenters. The van der Waals surface area contributed by atoms with Crippen LogP contribution in [0.4, 0.5) is 11.6 Å². The Hall–Kier alpha value is -4.32. The number of carbonyl (C=O) groups is 1. The van der Waals surface area contributed by atoms with Crippen LogP contribution in [0, 0.1) is 6.92 Å². The van der Waals surface area contributed by atoms with Gasteiger partial charge in [-0.3, -0.25) is 15.0 Å². The van der Waals surface area contributed by atoms with E-state index in [9.17, 15) is 9.90 Å². The predicted octanol–water partition coefficient (Wildman–Crippen LogP) is 3.47. The van der Waals surface area contributed by atoms with Crippen LogP contribution >= 0.6 is 0 Å². The number of hydrogen-bond acceptors (Lipinski definition) is 10. The second-order valence-electron chi connectivity index (χ2n) is 10.3. The fourth-order valence-corrected chi connectivity index (χ4v) is 4.93. The van der Waals surface area contributed by atoms with Crippen molar-refractivity contribution in [1.82, 2.24) is 35.0 Å². The zero-order chi connectivity index (χ0) is 28.4. The molecule has 1 atom stereocenters. The maximum Gasteiger partial charge on any atom is 0.326 e. The molecule has 5 heterocycles. The van der Waals surface area contributed by atoms with Crippen molar-refractivity contribution in [3.63, 3.8) is 0 Å². The zero-order valence-electron chi connectivity index (χ0n) is 23.3. The number of aryl methyl sites for hydroxylation is 3. The third-order valence-corrected chi connectivity index (χ3v) is 7.26. The van der Waals surface area contributed by atoms with Crippen LogP contribution in [-0.2, 0) is 17.6 Å². The molecule has 4 N–H and O–H groups in total. The van der Waals surface area contributed by atoms with Gasteiger partial charge in [0.25, 0.3) is 0 Å². The third kappa shape index (κ3) is 7.88. The minimum absolute atomic E-state index is 0.392. The maximum absolute atomic E-state index is 12.1. The van der Waals surface area contributed by atoms with E-state index in [1.807, 2.05) is 19.1 Å². The summed E-state index contributed by atoms with van der Waals surface area (Å²) < 4.78 is 5.93. The first-order chi connectivity index (χ1) is 20.0. The van der Waals surface area contributed by atoms with E-state index in [2.05, 4.69) is 52.8 Å². The molecule has 4 aromatic heterocycles. The summed E-state index contributed by atoms with van der Waals surface area (Å²) in [5.41, 5.74) is 3.89. The van der Waals surface area contributed by atoms with Gasteiger partial charge >= 0.3 is 5.97 Å². The Morgan fingerprint density at radius 2 is 2.05 bits per heavy atom. The molecule has 0 bridgehead atoms. The number of nitrogens with zero attached hydrogens (tertiary/aromatic N) is 6. The van der Waals surface area contributed by atoms with Gasteiger partial charge in [-0.1, -0.05) is 6.07 Å². The van der Waals surface area contributed by atoms with Crippen LogP contribution in [0.3, 0.4) is 0 Å². The van der Waals surface area contributed by atoms with Gasteiger partial charge in [-0.25, -0.2) is 19.7 Å². The molecule has 1 aliphatic heterocycles. The molecule has 216 valence electrons. The number of aromatic nitrogens is 6. The van der Waals surface area contributed by atoms with E-state index in [1.165, 1.54) is 11.9 Å². The molecule has 0 radical (unpaired) electrons. The Morgan fingerprint density at radius 3 is 2.90 bits per heavy atom. The average molecular weight is 560 g/mol. The van der Waals surface area contributed by atoms with Crippen molar-refractivity contribution < 1.29 is 14.6 Å². The number of rotatable bonds is 15. The van der Waals surface area contributed by atoms with Crippen molar-refractivity contribution in [2.75, 3.05) is 43.4 Å². The molecule has 0 aliphatic carbocycles. The molecule has 12 nitrogen and oxygen atoms in total. The van der Waals surface area contributed by atoms with Gasteiger partial charge in [-0.05, 0) is 75.8 Å². The molecule has 0 fully saturated rings. The standard InChI is InChI=1S/C29H37N9O3/c1-20-7-10-23(17-31-20)41-16-15-38(13-3-2-6-22-9-8-21-5-4-12-30-26(21)35-22)14-11-25(29(39)40)36-27-24-18-34-37-28(24)33-19-32-27/h7-10,17-19,25H,2-6,11-16H2,1H3,(H,30,35)(H,39,40)(H2,32,33,34,36,37)/t25-/m0/s1. The van der Waals surface area contributed by atoms with E-state index in [-0.39, 0.29) is 0 Å². The molecule has 5 rings (SSSR count). The summed E-state index contributed by atoms with van der Waals surface area (Å²) in [5.74, 6) is 1.27. The first-order valence-corrected chi connectivity index (χ1v) is 14.2. The molecule has 0 aromatic carbocycles. The number of ether oxygens (including phenoxy) is 1. The Balaban J connectivity index is 1.16. The highest BCUT2D eigenvalue weighted by atomic mass is 16.5. The van der Waals surface area contributed by atoms with Crippen LogP contribution in [0.25, 0.3) is 11.0 Å². The number of fused-ring (bicyclic) bond motifs is 2. The van der Waals surface area contributed by atoms with E-state index in [4.69, 9.17) is 9.72 Å². The molecule has 1 aliphatic rings. The number of carboxylic acid groups (broad SMARTS) is 1. The Bertz CT molecular complexity index is 1430. The molecule has 4 aromatic rings. The van der Waals surface area contributed by atoms with E-state index >= 15 is 0 Å². The molecule has 41 heavy (non-hydrogen) atoms. The highest BCUT2D eigenvalue weighted by molar-refractivity contribution is 5.88. The minimum atomic E-state index is -0.936. The van der Waals surface area contributed by atoms with E-state index in [0.717, 1.165) is 68.1 Å². The number of unbranched alkanes of at least 4 members (excludes halogenated alkanes) is 1. The smallest absolute Gasteiger partial charge is 0.326 e. The van der Waals surface area contributed by atoms with E-state index < -0.39 is 12.0 Å². The first-order valence-electron chi connectivity index (χ1n) is 14.2. The van der Waals surface area contributed by atoms with Crippen molar-refractivity contribution >= 4 is 28.6 Å². The summed E-state index contributed by atoms with van der Waals surface area (Å²) in [6.07, 6.45) is 10.2. The monoisotopic (exact) mass is 559 g/mol. The molecule has 0 saturated heterocycles.